The highest BCUT2D eigenvalue weighted by Crippen LogP contribution is 2.18. The Morgan fingerprint density at radius 1 is 1.14 bits per heavy atom. The molecular formula is C13H24N4O4S. The number of rotatable bonds is 2. The molecule has 0 bridgehead atoms. The fourth-order valence-corrected chi connectivity index (χ4v) is 3.80. The minimum absolute atomic E-state index is 0.264. The van der Waals surface area contributed by atoms with Crippen LogP contribution in [0.4, 0.5) is 4.79 Å². The summed E-state index contributed by atoms with van der Waals surface area (Å²) in [7, 11) is -1.85. The van der Waals surface area contributed by atoms with E-state index in [-0.39, 0.29) is 13.1 Å². The molecule has 1 amide bonds. The summed E-state index contributed by atoms with van der Waals surface area (Å²) in [6.45, 7) is 7.17. The summed E-state index contributed by atoms with van der Waals surface area (Å²) < 4.78 is 33.0. The van der Waals surface area contributed by atoms with E-state index in [0.717, 1.165) is 0 Å². The highest BCUT2D eigenvalue weighted by molar-refractivity contribution is 7.86. The molecule has 126 valence electrons. The van der Waals surface area contributed by atoms with Crippen LogP contribution in [0, 0.1) is 0 Å². The fraction of sp³-hybridized carbons (Fsp3) is 0.769. The van der Waals surface area contributed by atoms with E-state index in [9.17, 15) is 13.2 Å². The third-order valence-electron chi connectivity index (χ3n) is 3.39. The highest BCUT2D eigenvalue weighted by atomic mass is 32.2. The van der Waals surface area contributed by atoms with E-state index in [2.05, 4.69) is 0 Å². The van der Waals surface area contributed by atoms with Gasteiger partial charge >= 0.3 is 16.3 Å². The van der Waals surface area contributed by atoms with Crippen molar-refractivity contribution in [3.63, 3.8) is 0 Å². The second-order valence-electron chi connectivity index (χ2n) is 6.37. The van der Waals surface area contributed by atoms with E-state index in [0.29, 0.717) is 19.6 Å². The molecule has 0 aromatic rings. The van der Waals surface area contributed by atoms with Gasteiger partial charge in [-0.05, 0) is 26.8 Å². The Balaban J connectivity index is 1.95. The Bertz CT molecular complexity index is 547. The Labute approximate surface area is 132 Å². The van der Waals surface area contributed by atoms with Crippen LogP contribution in [-0.2, 0) is 14.9 Å². The maximum absolute atomic E-state index is 12.5. The van der Waals surface area contributed by atoms with E-state index in [4.69, 9.17) is 4.74 Å². The second kappa shape index (κ2) is 6.05. The number of hydrogen-bond acceptors (Lipinski definition) is 5. The van der Waals surface area contributed by atoms with Gasteiger partial charge in [-0.25, -0.2) is 9.80 Å². The van der Waals surface area contributed by atoms with Crippen LogP contribution in [0.3, 0.4) is 0 Å². The summed E-state index contributed by atoms with van der Waals surface area (Å²) >= 11 is 0. The van der Waals surface area contributed by atoms with Gasteiger partial charge in [0.2, 0.25) is 0 Å². The van der Waals surface area contributed by atoms with Crippen molar-refractivity contribution in [3.8, 4) is 0 Å². The lowest BCUT2D eigenvalue weighted by atomic mass is 10.2. The summed E-state index contributed by atoms with van der Waals surface area (Å²) in [6.07, 6.45) is 2.94. The fourth-order valence-electron chi connectivity index (χ4n) is 2.28. The van der Waals surface area contributed by atoms with Crippen LogP contribution >= 0.6 is 0 Å². The third-order valence-corrected chi connectivity index (χ3v) is 5.28. The molecular weight excluding hydrogens is 308 g/mol. The first-order chi connectivity index (χ1) is 10.1. The molecule has 0 N–H and O–H groups in total. The summed E-state index contributed by atoms with van der Waals surface area (Å²) in [5.41, 5.74) is -0.552. The van der Waals surface area contributed by atoms with E-state index >= 15 is 0 Å². The molecule has 0 atom stereocenters. The molecule has 8 nitrogen and oxygen atoms in total. The van der Waals surface area contributed by atoms with Gasteiger partial charge in [-0.15, -0.1) is 0 Å². The molecule has 0 spiro atoms. The monoisotopic (exact) mass is 332 g/mol. The van der Waals surface area contributed by atoms with E-state index in [1.54, 1.807) is 50.0 Å². The van der Waals surface area contributed by atoms with Gasteiger partial charge in [0.1, 0.15) is 5.60 Å². The number of carbonyl (C=O) groups is 1. The van der Waals surface area contributed by atoms with Gasteiger partial charge in [0, 0.05) is 46.0 Å². The summed E-state index contributed by atoms with van der Waals surface area (Å²) in [5.74, 6) is 0. The van der Waals surface area contributed by atoms with Gasteiger partial charge in [-0.3, -0.25) is 0 Å². The lowest BCUT2D eigenvalue weighted by Gasteiger charge is -2.37. The predicted octanol–water partition coefficient (Wildman–Crippen LogP) is 0.460. The highest BCUT2D eigenvalue weighted by Gasteiger charge is 2.35. The van der Waals surface area contributed by atoms with Gasteiger partial charge in [-0.2, -0.15) is 17.1 Å². The molecule has 0 aromatic carbocycles. The standard InChI is InChI=1S/C13H24N4O4S/c1-13(2,3)21-12(18)15-8-10-16(11-9-15)22(19,20)17-7-5-6-14(17)4/h5,7H,6,8-11H2,1-4H3. The van der Waals surface area contributed by atoms with E-state index < -0.39 is 21.9 Å². The molecule has 2 heterocycles. The smallest absolute Gasteiger partial charge is 0.410 e. The lowest BCUT2D eigenvalue weighted by molar-refractivity contribution is 0.0186. The number of likely N-dealkylation sites (N-methyl/N-ethyl adjacent to an activating group) is 1. The number of carbonyl (C=O) groups excluding carboxylic acids is 1. The molecule has 2 aliphatic heterocycles. The first kappa shape index (κ1) is 17.0. The number of piperazine rings is 1. The molecule has 0 aromatic heterocycles. The maximum atomic E-state index is 12.5. The van der Waals surface area contributed by atoms with Crippen LogP contribution in [0.15, 0.2) is 12.3 Å². The molecule has 22 heavy (non-hydrogen) atoms. The topological polar surface area (TPSA) is 73.4 Å². The molecule has 1 fully saturated rings. The van der Waals surface area contributed by atoms with Crippen LogP contribution in [-0.4, -0.2) is 78.5 Å². The van der Waals surface area contributed by atoms with Crippen molar-refractivity contribution >= 4 is 16.3 Å². The lowest BCUT2D eigenvalue weighted by Crippen LogP contribution is -2.55. The summed E-state index contributed by atoms with van der Waals surface area (Å²) in [6, 6.07) is 0. The van der Waals surface area contributed by atoms with Crippen molar-refractivity contribution in [2.45, 2.75) is 26.4 Å². The van der Waals surface area contributed by atoms with Crippen molar-refractivity contribution in [2.75, 3.05) is 39.8 Å². The zero-order chi connectivity index (χ0) is 16.5. The number of hydrazine groups is 1. The van der Waals surface area contributed by atoms with Crippen LogP contribution < -0.4 is 0 Å². The first-order valence-corrected chi connectivity index (χ1v) is 8.66. The predicted molar refractivity (Wildman–Crippen MR) is 81.9 cm³/mol. The molecule has 2 aliphatic rings. The van der Waals surface area contributed by atoms with Gasteiger partial charge in [0.15, 0.2) is 0 Å². The van der Waals surface area contributed by atoms with Crippen LogP contribution in [0.5, 0.6) is 0 Å². The minimum atomic E-state index is -3.57. The average Bonchev–Trinajstić information content (AvgIpc) is 2.84. The molecule has 9 heteroatoms. The van der Waals surface area contributed by atoms with Crippen molar-refractivity contribution in [1.29, 1.82) is 0 Å². The van der Waals surface area contributed by atoms with Crippen molar-refractivity contribution < 1.29 is 17.9 Å². The first-order valence-electron chi connectivity index (χ1n) is 7.26. The Kier molecular flexibility index (Phi) is 4.69. The van der Waals surface area contributed by atoms with Gasteiger partial charge in [0.05, 0.1) is 0 Å². The Hall–Kier alpha value is -1.32. The van der Waals surface area contributed by atoms with Gasteiger partial charge in [-0.1, -0.05) is 0 Å². The van der Waals surface area contributed by atoms with Crippen molar-refractivity contribution in [1.82, 2.24) is 18.6 Å². The van der Waals surface area contributed by atoms with Crippen LogP contribution in [0.1, 0.15) is 20.8 Å². The second-order valence-corrected chi connectivity index (χ2v) is 8.16. The number of hydrogen-bond donors (Lipinski definition) is 0. The van der Waals surface area contributed by atoms with Crippen LogP contribution in [0.2, 0.25) is 0 Å². The largest absolute Gasteiger partial charge is 0.444 e. The maximum Gasteiger partial charge on any atom is 0.410 e. The Morgan fingerprint density at radius 3 is 2.18 bits per heavy atom. The minimum Gasteiger partial charge on any atom is -0.444 e. The molecule has 0 unspecified atom stereocenters. The number of nitrogens with zero attached hydrogens (tertiary/aromatic N) is 4. The molecule has 2 rings (SSSR count). The number of amides is 1. The third kappa shape index (κ3) is 3.71. The normalized spacial score (nSPS) is 21.5. The van der Waals surface area contributed by atoms with E-state index in [1.165, 1.54) is 8.72 Å². The van der Waals surface area contributed by atoms with E-state index in [1.807, 2.05) is 0 Å². The van der Waals surface area contributed by atoms with Gasteiger partial charge in [0.25, 0.3) is 0 Å². The van der Waals surface area contributed by atoms with Crippen LogP contribution in [0.25, 0.3) is 0 Å². The zero-order valence-corrected chi connectivity index (χ0v) is 14.3. The Morgan fingerprint density at radius 2 is 1.73 bits per heavy atom. The SMILES string of the molecule is CN1CC=CN1S(=O)(=O)N1CCN(C(=O)OC(C)(C)C)CC1. The zero-order valence-electron chi connectivity index (χ0n) is 13.5. The molecule has 0 saturated carbocycles. The molecule has 0 aliphatic carbocycles. The molecule has 1 saturated heterocycles. The average molecular weight is 332 g/mol. The quantitative estimate of drug-likeness (QED) is 0.734. The van der Waals surface area contributed by atoms with Gasteiger partial charge < -0.3 is 9.64 Å². The summed E-state index contributed by atoms with van der Waals surface area (Å²) in [4.78, 5) is 13.5. The molecule has 0 radical (unpaired) electrons. The summed E-state index contributed by atoms with van der Waals surface area (Å²) in [5, 5.41) is 1.62. The van der Waals surface area contributed by atoms with Crippen molar-refractivity contribution in [3.05, 3.63) is 12.3 Å². The number of ether oxygens (including phenoxy) is 1. The van der Waals surface area contributed by atoms with Crippen molar-refractivity contribution in [2.24, 2.45) is 0 Å².